The SMILES string of the molecule is CC=Cc1c(C)[nH]c2cc3c(cc12)[nH]c1ccccc13. The van der Waals surface area contributed by atoms with Gasteiger partial charge >= 0.3 is 0 Å². The Labute approximate surface area is 117 Å². The first kappa shape index (κ1) is 11.4. The first-order valence-corrected chi connectivity index (χ1v) is 6.93. The summed E-state index contributed by atoms with van der Waals surface area (Å²) in [6.07, 6.45) is 4.26. The quantitative estimate of drug-likeness (QED) is 0.474. The van der Waals surface area contributed by atoms with Crippen molar-refractivity contribution in [2.75, 3.05) is 0 Å². The van der Waals surface area contributed by atoms with E-state index in [9.17, 15) is 0 Å². The Hall–Kier alpha value is -2.48. The average molecular weight is 260 g/mol. The highest BCUT2D eigenvalue weighted by molar-refractivity contribution is 6.12. The normalized spacial score (nSPS) is 12.3. The van der Waals surface area contributed by atoms with Gasteiger partial charge in [0.25, 0.3) is 0 Å². The minimum absolute atomic E-state index is 1.19. The Balaban J connectivity index is 2.17. The third-order valence-corrected chi connectivity index (χ3v) is 3.99. The number of H-pyrrole nitrogens is 2. The van der Waals surface area contributed by atoms with Crippen LogP contribution in [0.15, 0.2) is 42.5 Å². The van der Waals surface area contributed by atoms with Crippen molar-refractivity contribution in [2.24, 2.45) is 0 Å². The minimum atomic E-state index is 1.19. The third kappa shape index (κ3) is 1.45. The molecule has 0 saturated carbocycles. The zero-order chi connectivity index (χ0) is 13.7. The van der Waals surface area contributed by atoms with E-state index >= 15 is 0 Å². The summed E-state index contributed by atoms with van der Waals surface area (Å²) in [5.74, 6) is 0. The molecule has 2 heterocycles. The smallest absolute Gasteiger partial charge is 0.0472 e. The highest BCUT2D eigenvalue weighted by Gasteiger charge is 2.10. The van der Waals surface area contributed by atoms with Gasteiger partial charge in [-0.25, -0.2) is 0 Å². The van der Waals surface area contributed by atoms with Crippen LogP contribution >= 0.6 is 0 Å². The van der Waals surface area contributed by atoms with Crippen LogP contribution < -0.4 is 0 Å². The van der Waals surface area contributed by atoms with Crippen LogP contribution in [0.3, 0.4) is 0 Å². The van der Waals surface area contributed by atoms with E-state index in [1.807, 2.05) is 0 Å². The zero-order valence-corrected chi connectivity index (χ0v) is 11.6. The standard InChI is InChI=1S/C18H16N2/c1-3-6-12-11(2)19-17-10-15-13-7-4-5-8-16(13)20-18(15)9-14(12)17/h3-10,19-20H,1-2H3. The molecule has 2 nitrogen and oxygen atoms in total. The maximum atomic E-state index is 3.51. The van der Waals surface area contributed by atoms with E-state index in [2.05, 4.69) is 72.4 Å². The number of aryl methyl sites for hydroxylation is 1. The van der Waals surface area contributed by atoms with Crippen molar-refractivity contribution in [3.05, 3.63) is 53.7 Å². The Morgan fingerprint density at radius 1 is 0.850 bits per heavy atom. The van der Waals surface area contributed by atoms with Gasteiger partial charge in [-0.3, -0.25) is 0 Å². The molecule has 0 aliphatic carbocycles. The van der Waals surface area contributed by atoms with Crippen LogP contribution in [-0.2, 0) is 0 Å². The summed E-state index contributed by atoms with van der Waals surface area (Å²) in [7, 11) is 0. The molecular formula is C18H16N2. The molecule has 20 heavy (non-hydrogen) atoms. The molecule has 0 radical (unpaired) electrons. The van der Waals surface area contributed by atoms with Crippen molar-refractivity contribution in [1.82, 2.24) is 9.97 Å². The number of aromatic nitrogens is 2. The number of nitrogens with one attached hydrogen (secondary N) is 2. The molecule has 0 amide bonds. The van der Waals surface area contributed by atoms with Crippen LogP contribution in [0.5, 0.6) is 0 Å². The lowest BCUT2D eigenvalue weighted by Crippen LogP contribution is -1.73. The summed E-state index contributed by atoms with van der Waals surface area (Å²) in [6.45, 7) is 4.18. The fraction of sp³-hybridized carbons (Fsp3) is 0.111. The largest absolute Gasteiger partial charge is 0.358 e. The number of rotatable bonds is 1. The van der Waals surface area contributed by atoms with Crippen LogP contribution in [0.25, 0.3) is 38.8 Å². The van der Waals surface area contributed by atoms with Gasteiger partial charge in [0.2, 0.25) is 0 Å². The topological polar surface area (TPSA) is 31.6 Å². The number of hydrogen-bond donors (Lipinski definition) is 2. The molecule has 0 aliphatic heterocycles. The third-order valence-electron chi connectivity index (χ3n) is 3.99. The number of aromatic amines is 2. The van der Waals surface area contributed by atoms with Crippen LogP contribution in [-0.4, -0.2) is 9.97 Å². The van der Waals surface area contributed by atoms with Crippen LogP contribution in [0.2, 0.25) is 0 Å². The molecule has 2 aromatic heterocycles. The van der Waals surface area contributed by atoms with Gasteiger partial charge in [-0.15, -0.1) is 0 Å². The number of benzene rings is 2. The highest BCUT2D eigenvalue weighted by Crippen LogP contribution is 2.32. The van der Waals surface area contributed by atoms with Crippen molar-refractivity contribution in [2.45, 2.75) is 13.8 Å². The Morgan fingerprint density at radius 2 is 1.60 bits per heavy atom. The fourth-order valence-corrected chi connectivity index (χ4v) is 3.08. The van der Waals surface area contributed by atoms with E-state index in [1.165, 1.54) is 44.0 Å². The molecule has 4 rings (SSSR count). The van der Waals surface area contributed by atoms with Crippen molar-refractivity contribution in [3.8, 4) is 0 Å². The van der Waals surface area contributed by atoms with Gasteiger partial charge in [0.15, 0.2) is 0 Å². The van der Waals surface area contributed by atoms with Gasteiger partial charge in [-0.1, -0.05) is 30.4 Å². The first-order valence-electron chi connectivity index (χ1n) is 6.93. The number of para-hydroxylation sites is 1. The summed E-state index contributed by atoms with van der Waals surface area (Å²) in [4.78, 5) is 7.00. The Kier molecular flexibility index (Phi) is 2.27. The highest BCUT2D eigenvalue weighted by atomic mass is 14.7. The maximum absolute atomic E-state index is 3.51. The number of allylic oxidation sites excluding steroid dienone is 1. The van der Waals surface area contributed by atoms with E-state index in [-0.39, 0.29) is 0 Å². The average Bonchev–Trinajstić information content (AvgIpc) is 2.95. The van der Waals surface area contributed by atoms with E-state index in [0.717, 1.165) is 0 Å². The lowest BCUT2D eigenvalue weighted by Gasteiger charge is -1.95. The predicted octanol–water partition coefficient (Wildman–Crippen LogP) is 5.14. The summed E-state index contributed by atoms with van der Waals surface area (Å²) in [5, 5.41) is 3.84. The first-order chi connectivity index (χ1) is 9.78. The summed E-state index contributed by atoms with van der Waals surface area (Å²) in [5.41, 5.74) is 6.09. The molecule has 0 atom stereocenters. The molecule has 0 aliphatic rings. The second-order valence-corrected chi connectivity index (χ2v) is 5.28. The number of fused-ring (bicyclic) bond motifs is 4. The van der Waals surface area contributed by atoms with Gasteiger partial charge in [0, 0.05) is 44.0 Å². The summed E-state index contributed by atoms with van der Waals surface area (Å²) < 4.78 is 0. The Morgan fingerprint density at radius 3 is 2.45 bits per heavy atom. The molecular weight excluding hydrogens is 244 g/mol. The molecule has 4 aromatic rings. The maximum Gasteiger partial charge on any atom is 0.0472 e. The predicted molar refractivity (Wildman–Crippen MR) is 87.1 cm³/mol. The van der Waals surface area contributed by atoms with Crippen LogP contribution in [0.1, 0.15) is 18.2 Å². The van der Waals surface area contributed by atoms with Gasteiger partial charge < -0.3 is 9.97 Å². The molecule has 0 saturated heterocycles. The second kappa shape index (κ2) is 4.01. The van der Waals surface area contributed by atoms with E-state index in [4.69, 9.17) is 0 Å². The van der Waals surface area contributed by atoms with Gasteiger partial charge in [-0.05, 0) is 32.0 Å². The molecule has 0 spiro atoms. The Bertz CT molecular complexity index is 967. The van der Waals surface area contributed by atoms with Crippen molar-refractivity contribution < 1.29 is 0 Å². The zero-order valence-electron chi connectivity index (χ0n) is 11.6. The molecule has 98 valence electrons. The van der Waals surface area contributed by atoms with E-state index < -0.39 is 0 Å². The summed E-state index contributed by atoms with van der Waals surface area (Å²) >= 11 is 0. The van der Waals surface area contributed by atoms with Crippen LogP contribution in [0, 0.1) is 6.92 Å². The minimum Gasteiger partial charge on any atom is -0.358 e. The molecule has 2 N–H and O–H groups in total. The lowest BCUT2D eigenvalue weighted by molar-refractivity contribution is 1.29. The van der Waals surface area contributed by atoms with E-state index in [0.29, 0.717) is 0 Å². The van der Waals surface area contributed by atoms with Crippen molar-refractivity contribution in [3.63, 3.8) is 0 Å². The monoisotopic (exact) mass is 260 g/mol. The molecule has 0 fully saturated rings. The van der Waals surface area contributed by atoms with Gasteiger partial charge in [0.1, 0.15) is 0 Å². The molecule has 2 aromatic carbocycles. The van der Waals surface area contributed by atoms with E-state index in [1.54, 1.807) is 0 Å². The van der Waals surface area contributed by atoms with Crippen molar-refractivity contribution >= 4 is 38.8 Å². The van der Waals surface area contributed by atoms with Crippen molar-refractivity contribution in [1.29, 1.82) is 0 Å². The fourth-order valence-electron chi connectivity index (χ4n) is 3.08. The summed E-state index contributed by atoms with van der Waals surface area (Å²) in [6, 6.07) is 13.0. The second-order valence-electron chi connectivity index (χ2n) is 5.28. The molecule has 0 unspecified atom stereocenters. The molecule has 2 heteroatoms. The molecule has 0 bridgehead atoms. The van der Waals surface area contributed by atoms with Crippen LogP contribution in [0.4, 0.5) is 0 Å². The lowest BCUT2D eigenvalue weighted by atomic mass is 10.1. The number of hydrogen-bond acceptors (Lipinski definition) is 0. The van der Waals surface area contributed by atoms with Gasteiger partial charge in [0.05, 0.1) is 0 Å². The van der Waals surface area contributed by atoms with Gasteiger partial charge in [-0.2, -0.15) is 0 Å².